The zero-order valence-corrected chi connectivity index (χ0v) is 6.50. The molecule has 13 heavy (non-hydrogen) atoms. The molecular formula is C13H10. The topological polar surface area (TPSA) is 0 Å². The maximum atomic E-state index is 8.03. The largest absolute Gasteiger partial charge is 0.0630 e. The molecule has 0 radical (unpaired) electrons. The van der Waals surface area contributed by atoms with E-state index in [2.05, 4.69) is 0 Å². The molecular weight excluding hydrogens is 156 g/mol. The van der Waals surface area contributed by atoms with Crippen LogP contribution in [-0.2, 0) is 0 Å². The summed E-state index contributed by atoms with van der Waals surface area (Å²) >= 11 is 0. The molecule has 3 rings (SSSR count). The summed E-state index contributed by atoms with van der Waals surface area (Å²) in [4.78, 5) is 0. The molecule has 1 aliphatic rings. The van der Waals surface area contributed by atoms with Crippen LogP contribution in [0.25, 0.3) is 22.9 Å². The van der Waals surface area contributed by atoms with Gasteiger partial charge in [0.1, 0.15) is 0 Å². The zero-order valence-electron chi connectivity index (χ0n) is 16.5. The summed E-state index contributed by atoms with van der Waals surface area (Å²) in [5.41, 5.74) is -0.817. The van der Waals surface area contributed by atoms with Gasteiger partial charge in [0.2, 0.25) is 0 Å². The molecule has 0 aromatic heterocycles. The van der Waals surface area contributed by atoms with Gasteiger partial charge >= 0.3 is 0 Å². The fraction of sp³-hybridized carbons (Fsp3) is 0.0769. The summed E-state index contributed by atoms with van der Waals surface area (Å²) in [7, 11) is 0. The Labute approximate surface area is 91.6 Å². The number of rotatable bonds is 0. The lowest BCUT2D eigenvalue weighted by molar-refractivity contribution is 1.49. The fourth-order valence-corrected chi connectivity index (χ4v) is 1.41. The first-order chi connectivity index (χ1) is 10.5. The van der Waals surface area contributed by atoms with Crippen LogP contribution in [-0.4, -0.2) is 0 Å². The maximum absolute atomic E-state index is 8.03. The minimum Gasteiger partial charge on any atom is -0.0610 e. The zero-order chi connectivity index (χ0) is 17.4. The van der Waals surface area contributed by atoms with Crippen LogP contribution in [0.4, 0.5) is 0 Å². The van der Waals surface area contributed by atoms with E-state index < -0.39 is 54.7 Å². The summed E-state index contributed by atoms with van der Waals surface area (Å²) in [6.45, 7) is -2.77. The average Bonchev–Trinajstić information content (AvgIpc) is 2.68. The molecule has 2 aromatic carbocycles. The second-order valence-electron chi connectivity index (χ2n) is 2.75. The number of hydrogen-bond donors (Lipinski definition) is 0. The van der Waals surface area contributed by atoms with Gasteiger partial charge in [0.15, 0.2) is 0 Å². The van der Waals surface area contributed by atoms with Gasteiger partial charge in [-0.05, 0) is 34.3 Å². The van der Waals surface area contributed by atoms with Gasteiger partial charge < -0.3 is 0 Å². The highest BCUT2D eigenvalue weighted by atomic mass is 14.1. The molecule has 1 aliphatic carbocycles. The van der Waals surface area contributed by atoms with E-state index in [1.165, 1.54) is 0 Å². The van der Waals surface area contributed by atoms with Crippen molar-refractivity contribution in [2.45, 2.75) is 6.85 Å². The van der Waals surface area contributed by atoms with Gasteiger partial charge in [0.25, 0.3) is 0 Å². The number of benzene rings is 2. The third kappa shape index (κ3) is 0.803. The second kappa shape index (κ2) is 2.23. The highest BCUT2D eigenvalue weighted by molar-refractivity contribution is 6.05. The lowest BCUT2D eigenvalue weighted by Crippen LogP contribution is -1.81. The molecule has 2 aromatic rings. The summed E-state index contributed by atoms with van der Waals surface area (Å²) in [5.74, 6) is 0. The standard InChI is InChI=1S/C13H10/c1-9-5-6-10-3-2-4-11-7-8-12(9)13(10)11/h2-8H,1H3/i1D3,2D,3D,4D,5D,6D,7D,8D. The Balaban J connectivity index is 2.73. The number of hydrogen-bond acceptors (Lipinski definition) is 0. The Kier molecular flexibility index (Phi) is 0.389. The van der Waals surface area contributed by atoms with Crippen molar-refractivity contribution in [1.82, 2.24) is 0 Å². The van der Waals surface area contributed by atoms with Gasteiger partial charge in [-0.2, -0.15) is 0 Å². The van der Waals surface area contributed by atoms with Gasteiger partial charge in [-0.1, -0.05) is 42.3 Å². The van der Waals surface area contributed by atoms with Crippen LogP contribution >= 0.6 is 0 Å². The minimum absolute atomic E-state index is 0.0156. The normalized spacial score (nSPS) is 26.2. The molecule has 0 saturated heterocycles. The van der Waals surface area contributed by atoms with Crippen LogP contribution in [0.1, 0.15) is 30.4 Å². The Morgan fingerprint density at radius 3 is 3.08 bits per heavy atom. The Morgan fingerprint density at radius 1 is 1.15 bits per heavy atom. The summed E-state index contributed by atoms with van der Waals surface area (Å²) in [6.07, 6.45) is 0. The second-order valence-corrected chi connectivity index (χ2v) is 2.75. The highest BCUT2D eigenvalue weighted by Crippen LogP contribution is 2.32. The molecule has 0 heteroatoms. The SMILES string of the molecule is [2H]C1=C([2H])c2c(C([2H])([2H])[2H])c([2H])c([2H])c3c([2H])c([2H])c([2H])c1c23. The Morgan fingerprint density at radius 2 is 2.15 bits per heavy atom. The third-order valence-corrected chi connectivity index (χ3v) is 2.00. The van der Waals surface area contributed by atoms with E-state index in [0.717, 1.165) is 0 Å². The van der Waals surface area contributed by atoms with Gasteiger partial charge in [0.05, 0.1) is 9.60 Å². The van der Waals surface area contributed by atoms with Crippen molar-refractivity contribution < 1.29 is 13.7 Å². The van der Waals surface area contributed by atoms with E-state index in [9.17, 15) is 0 Å². The quantitative estimate of drug-likeness (QED) is 0.575. The molecule has 0 N–H and O–H groups in total. The first kappa shape index (κ1) is 2.27. The third-order valence-electron chi connectivity index (χ3n) is 2.00. The van der Waals surface area contributed by atoms with Crippen LogP contribution < -0.4 is 0 Å². The van der Waals surface area contributed by atoms with Crippen LogP contribution in [0.2, 0.25) is 0 Å². The van der Waals surface area contributed by atoms with Crippen LogP contribution in [0, 0.1) is 6.85 Å². The van der Waals surface area contributed by atoms with Gasteiger partial charge in [0, 0.05) is 4.11 Å². The smallest absolute Gasteiger partial charge is 0.0610 e. The van der Waals surface area contributed by atoms with Crippen molar-refractivity contribution >= 4 is 22.9 Å². The van der Waals surface area contributed by atoms with E-state index >= 15 is 0 Å². The maximum Gasteiger partial charge on any atom is 0.0630 e. The molecule has 0 nitrogen and oxygen atoms in total. The summed E-state index contributed by atoms with van der Waals surface area (Å²) in [5, 5.41) is -0.167. The fourth-order valence-electron chi connectivity index (χ4n) is 1.41. The monoisotopic (exact) mass is 176 g/mol. The van der Waals surface area contributed by atoms with Crippen molar-refractivity contribution in [2.75, 3.05) is 0 Å². The molecule has 0 fully saturated rings. The molecule has 0 aliphatic heterocycles. The van der Waals surface area contributed by atoms with E-state index in [1.54, 1.807) is 0 Å². The van der Waals surface area contributed by atoms with Crippen LogP contribution in [0.3, 0.4) is 0 Å². The summed E-state index contributed by atoms with van der Waals surface area (Å²) < 4.78 is 78.5. The first-order valence-corrected chi connectivity index (χ1v) is 3.75. The van der Waals surface area contributed by atoms with Gasteiger partial charge in [-0.3, -0.25) is 0 Å². The molecule has 0 spiro atoms. The molecule has 0 atom stereocenters. The predicted molar refractivity (Wildman–Crippen MR) is 57.6 cm³/mol. The Bertz CT molecular complexity index is 919. The van der Waals surface area contributed by atoms with E-state index in [1.807, 2.05) is 0 Å². The predicted octanol–water partition coefficient (Wildman–Crippen LogP) is 3.63. The molecule has 0 unspecified atom stereocenters. The molecule has 62 valence electrons. The molecule has 0 bridgehead atoms. The highest BCUT2D eigenvalue weighted by Gasteiger charge is 2.09. The molecule has 0 heterocycles. The lowest BCUT2D eigenvalue weighted by Gasteiger charge is -2.03. The lowest BCUT2D eigenvalue weighted by atomic mass is 10.0. The van der Waals surface area contributed by atoms with Crippen LogP contribution in [0.5, 0.6) is 0 Å². The van der Waals surface area contributed by atoms with Crippen molar-refractivity contribution in [3.63, 3.8) is 0 Å². The molecule has 0 saturated carbocycles. The van der Waals surface area contributed by atoms with Crippen molar-refractivity contribution in [3.8, 4) is 0 Å². The average molecular weight is 176 g/mol. The van der Waals surface area contributed by atoms with Gasteiger partial charge in [-0.15, -0.1) is 0 Å². The Hall–Kier alpha value is -1.56. The van der Waals surface area contributed by atoms with Crippen LogP contribution in [0.15, 0.2) is 30.2 Å². The molecule has 0 amide bonds. The first-order valence-electron chi connectivity index (χ1n) is 8.75. The van der Waals surface area contributed by atoms with Crippen molar-refractivity contribution in [1.29, 1.82) is 0 Å². The van der Waals surface area contributed by atoms with Gasteiger partial charge in [-0.25, -0.2) is 0 Å². The van der Waals surface area contributed by atoms with E-state index in [4.69, 9.17) is 13.7 Å². The minimum atomic E-state index is -2.77. The van der Waals surface area contributed by atoms with E-state index in [0.29, 0.717) is 0 Å². The van der Waals surface area contributed by atoms with E-state index in [-0.39, 0.29) is 21.9 Å². The van der Waals surface area contributed by atoms with Crippen molar-refractivity contribution in [2.24, 2.45) is 0 Å². The van der Waals surface area contributed by atoms with Crippen molar-refractivity contribution in [3.05, 3.63) is 46.9 Å². The summed E-state index contributed by atoms with van der Waals surface area (Å²) in [6, 6.07) is -3.45.